The molecule has 162 valence electrons. The summed E-state index contributed by atoms with van der Waals surface area (Å²) in [7, 11) is 0. The molecule has 2 atom stereocenters. The number of hydrogen-bond donors (Lipinski definition) is 3. The van der Waals surface area contributed by atoms with Gasteiger partial charge in [-0.15, -0.1) is 0 Å². The molecule has 1 aliphatic rings. The van der Waals surface area contributed by atoms with Gasteiger partial charge < -0.3 is 15.7 Å². The van der Waals surface area contributed by atoms with Gasteiger partial charge in [-0.3, -0.25) is 9.59 Å². The van der Waals surface area contributed by atoms with Crippen molar-refractivity contribution in [2.75, 3.05) is 10.6 Å². The van der Waals surface area contributed by atoms with Crippen molar-refractivity contribution in [1.82, 2.24) is 0 Å². The van der Waals surface area contributed by atoms with Crippen molar-refractivity contribution in [2.24, 2.45) is 11.8 Å². The van der Waals surface area contributed by atoms with Crippen LogP contribution in [0.5, 0.6) is 0 Å². The molecule has 0 radical (unpaired) electrons. The van der Waals surface area contributed by atoms with Gasteiger partial charge >= 0.3 is 12.0 Å². The summed E-state index contributed by atoms with van der Waals surface area (Å²) >= 11 is 0. The van der Waals surface area contributed by atoms with Gasteiger partial charge in [-0.2, -0.15) is 0 Å². The van der Waals surface area contributed by atoms with Crippen LogP contribution >= 0.6 is 0 Å². The van der Waals surface area contributed by atoms with Gasteiger partial charge in [0, 0.05) is 22.9 Å². The first-order valence-corrected chi connectivity index (χ1v) is 10.6. The van der Waals surface area contributed by atoms with E-state index in [1.165, 1.54) is 0 Å². The van der Waals surface area contributed by atoms with E-state index in [4.69, 9.17) is 0 Å². The largest absolute Gasteiger partial charge is 0.481 e. The maximum absolute atomic E-state index is 12.8. The Morgan fingerprint density at radius 2 is 1.22 bits per heavy atom. The van der Waals surface area contributed by atoms with Crippen molar-refractivity contribution in [3.8, 4) is 11.1 Å². The molecule has 3 N–H and O–H groups in total. The maximum atomic E-state index is 12.8. The Bertz CT molecular complexity index is 1110. The Balaban J connectivity index is 1.39. The second kappa shape index (κ2) is 9.47. The highest BCUT2D eigenvalue weighted by Crippen LogP contribution is 2.34. The number of urea groups is 1. The molecule has 1 fully saturated rings. The Morgan fingerprint density at radius 3 is 1.81 bits per heavy atom. The zero-order valence-electron chi connectivity index (χ0n) is 17.5. The van der Waals surface area contributed by atoms with Gasteiger partial charge in [-0.05, 0) is 48.2 Å². The third kappa shape index (κ3) is 4.86. The van der Waals surface area contributed by atoms with Crippen molar-refractivity contribution in [3.05, 3.63) is 84.4 Å². The number of rotatable bonds is 6. The van der Waals surface area contributed by atoms with Gasteiger partial charge in [0.1, 0.15) is 0 Å². The topological polar surface area (TPSA) is 95.5 Å². The van der Waals surface area contributed by atoms with Gasteiger partial charge in [-0.25, -0.2) is 4.79 Å². The number of ketones is 1. The molecule has 0 saturated heterocycles. The summed E-state index contributed by atoms with van der Waals surface area (Å²) in [4.78, 5) is 36.3. The standard InChI is InChI=1S/C26H24N2O4/c29-24(22-7-4-8-23(22)25(30)31)19-11-9-17(10-12-19)18-13-15-21(16-14-18)28-26(32)27-20-5-2-1-3-6-20/h1-3,5-6,9-16,22-23H,4,7-8H2,(H,30,31)(H2,27,28,32)/t22-,23?/m1/s1. The number of anilines is 2. The molecule has 0 aromatic heterocycles. The highest BCUT2D eigenvalue weighted by Gasteiger charge is 2.37. The lowest BCUT2D eigenvalue weighted by atomic mass is 9.88. The summed E-state index contributed by atoms with van der Waals surface area (Å²) in [5.41, 5.74) is 3.80. The van der Waals surface area contributed by atoms with E-state index in [2.05, 4.69) is 10.6 Å². The van der Waals surface area contributed by atoms with Crippen molar-refractivity contribution in [1.29, 1.82) is 0 Å². The van der Waals surface area contributed by atoms with Crippen molar-refractivity contribution in [2.45, 2.75) is 19.3 Å². The maximum Gasteiger partial charge on any atom is 0.323 e. The zero-order valence-corrected chi connectivity index (χ0v) is 17.5. The van der Waals surface area contributed by atoms with Gasteiger partial charge in [-0.1, -0.05) is 61.0 Å². The average Bonchev–Trinajstić information content (AvgIpc) is 3.30. The van der Waals surface area contributed by atoms with Crippen LogP contribution in [0, 0.1) is 11.8 Å². The summed E-state index contributed by atoms with van der Waals surface area (Å²) < 4.78 is 0. The average molecular weight is 428 g/mol. The molecule has 4 rings (SSSR count). The summed E-state index contributed by atoms with van der Waals surface area (Å²) in [6, 6.07) is 23.5. The van der Waals surface area contributed by atoms with Crippen LogP contribution in [0.2, 0.25) is 0 Å². The van der Waals surface area contributed by atoms with Crippen LogP contribution in [0.4, 0.5) is 16.2 Å². The second-order valence-corrected chi connectivity index (χ2v) is 7.95. The molecule has 0 aliphatic heterocycles. The van der Waals surface area contributed by atoms with Gasteiger partial charge in [0.15, 0.2) is 5.78 Å². The lowest BCUT2D eigenvalue weighted by Crippen LogP contribution is -2.25. The molecular formula is C26H24N2O4. The molecule has 0 heterocycles. The van der Waals surface area contributed by atoms with Crippen LogP contribution in [0.3, 0.4) is 0 Å². The summed E-state index contributed by atoms with van der Waals surface area (Å²) in [5.74, 6) is -2.00. The molecule has 2 amide bonds. The lowest BCUT2D eigenvalue weighted by Gasteiger charge is -2.14. The number of carboxylic acid groups (broad SMARTS) is 1. The smallest absolute Gasteiger partial charge is 0.323 e. The van der Waals surface area contributed by atoms with Crippen LogP contribution in [0.15, 0.2) is 78.9 Å². The van der Waals surface area contributed by atoms with Crippen molar-refractivity contribution < 1.29 is 19.5 Å². The van der Waals surface area contributed by atoms with Gasteiger partial charge in [0.25, 0.3) is 0 Å². The number of amides is 2. The van der Waals surface area contributed by atoms with Crippen LogP contribution < -0.4 is 10.6 Å². The minimum absolute atomic E-state index is 0.0922. The van der Waals surface area contributed by atoms with Crippen LogP contribution in [0.1, 0.15) is 29.6 Å². The molecule has 6 heteroatoms. The van der Waals surface area contributed by atoms with E-state index in [1.807, 2.05) is 66.7 Å². The fourth-order valence-electron chi connectivity index (χ4n) is 4.17. The first-order chi connectivity index (χ1) is 15.5. The SMILES string of the molecule is O=C(Nc1ccccc1)Nc1ccc(-c2ccc(C(=O)[C@@H]3CCCC3C(=O)O)cc2)cc1. The normalized spacial score (nSPS) is 17.5. The van der Waals surface area contributed by atoms with Crippen LogP contribution in [0.25, 0.3) is 11.1 Å². The lowest BCUT2D eigenvalue weighted by molar-refractivity contribution is -0.142. The van der Waals surface area contributed by atoms with E-state index >= 15 is 0 Å². The molecular weight excluding hydrogens is 404 g/mol. The highest BCUT2D eigenvalue weighted by atomic mass is 16.4. The number of para-hydroxylation sites is 1. The number of carboxylic acids is 1. The number of aliphatic carboxylic acids is 1. The van der Waals surface area contributed by atoms with E-state index < -0.39 is 17.8 Å². The fraction of sp³-hybridized carbons (Fsp3) is 0.192. The number of carbonyl (C=O) groups is 3. The van der Waals surface area contributed by atoms with Gasteiger partial charge in [0.05, 0.1) is 5.92 Å². The molecule has 32 heavy (non-hydrogen) atoms. The third-order valence-corrected chi connectivity index (χ3v) is 5.85. The predicted octanol–water partition coefficient (Wildman–Crippen LogP) is 5.68. The quantitative estimate of drug-likeness (QED) is 0.440. The van der Waals surface area contributed by atoms with E-state index in [1.54, 1.807) is 12.1 Å². The molecule has 6 nitrogen and oxygen atoms in total. The summed E-state index contributed by atoms with van der Waals surface area (Å²) in [6.07, 6.45) is 1.96. The molecule has 1 saturated carbocycles. The second-order valence-electron chi connectivity index (χ2n) is 7.95. The Morgan fingerprint density at radius 1 is 0.688 bits per heavy atom. The van der Waals surface area contributed by atoms with E-state index in [0.717, 1.165) is 17.5 Å². The number of hydrogen-bond acceptors (Lipinski definition) is 3. The summed E-state index contributed by atoms with van der Waals surface area (Å²) in [5, 5.41) is 14.9. The molecule has 3 aromatic carbocycles. The Kier molecular flexibility index (Phi) is 6.31. The van der Waals surface area contributed by atoms with Gasteiger partial charge in [0.2, 0.25) is 0 Å². The molecule has 0 bridgehead atoms. The predicted molar refractivity (Wildman–Crippen MR) is 124 cm³/mol. The molecule has 1 aliphatic carbocycles. The molecule has 1 unspecified atom stereocenters. The molecule has 3 aromatic rings. The monoisotopic (exact) mass is 428 g/mol. The third-order valence-electron chi connectivity index (χ3n) is 5.85. The molecule has 0 spiro atoms. The van der Waals surface area contributed by atoms with E-state index in [9.17, 15) is 19.5 Å². The Labute approximate surface area is 186 Å². The van der Waals surface area contributed by atoms with E-state index in [0.29, 0.717) is 29.8 Å². The van der Waals surface area contributed by atoms with Crippen molar-refractivity contribution in [3.63, 3.8) is 0 Å². The first-order valence-electron chi connectivity index (χ1n) is 10.6. The minimum atomic E-state index is -0.886. The number of nitrogens with one attached hydrogen (secondary N) is 2. The van der Waals surface area contributed by atoms with Crippen molar-refractivity contribution >= 4 is 29.2 Å². The number of benzene rings is 3. The fourth-order valence-corrected chi connectivity index (χ4v) is 4.17. The first kappa shape index (κ1) is 21.3. The van der Waals surface area contributed by atoms with E-state index in [-0.39, 0.29) is 11.8 Å². The summed E-state index contributed by atoms with van der Waals surface area (Å²) in [6.45, 7) is 0. The minimum Gasteiger partial charge on any atom is -0.481 e. The number of Topliss-reactive ketones (excluding diaryl/α,β-unsaturated/α-hetero) is 1. The highest BCUT2D eigenvalue weighted by molar-refractivity contribution is 6.01. The number of carbonyl (C=O) groups excluding carboxylic acids is 2. The zero-order chi connectivity index (χ0) is 22.5. The van der Waals surface area contributed by atoms with Crippen LogP contribution in [-0.2, 0) is 4.79 Å². The Hall–Kier alpha value is -3.93. The van der Waals surface area contributed by atoms with Crippen LogP contribution in [-0.4, -0.2) is 22.9 Å².